The standard InChI is InChI=1S/C24H47NO3/c1-4-5-6-7-8-9-10-11-12-13-14-15-16-22(26)23(27)28-24(2,3)21-17-19-25-20-18-21/h21-22,25-26H,4-20H2,1-3H3. The lowest BCUT2D eigenvalue weighted by molar-refractivity contribution is -0.173. The van der Waals surface area contributed by atoms with Gasteiger partial charge in [0.15, 0.2) is 6.10 Å². The fraction of sp³-hybridized carbons (Fsp3) is 0.958. The Morgan fingerprint density at radius 3 is 1.89 bits per heavy atom. The van der Waals surface area contributed by atoms with Crippen molar-refractivity contribution in [3.05, 3.63) is 0 Å². The second-order valence-electron chi connectivity index (χ2n) is 9.24. The van der Waals surface area contributed by atoms with Crippen LogP contribution < -0.4 is 5.32 Å². The van der Waals surface area contributed by atoms with Crippen molar-refractivity contribution in [2.75, 3.05) is 13.1 Å². The third kappa shape index (κ3) is 11.4. The van der Waals surface area contributed by atoms with Crippen LogP contribution in [-0.4, -0.2) is 35.9 Å². The molecular formula is C24H47NO3. The zero-order valence-electron chi connectivity index (χ0n) is 18.9. The van der Waals surface area contributed by atoms with Crippen LogP contribution in [0.4, 0.5) is 0 Å². The molecule has 1 heterocycles. The van der Waals surface area contributed by atoms with E-state index in [1.54, 1.807) is 0 Å². The number of carbonyl (C=O) groups is 1. The SMILES string of the molecule is CCCCCCCCCCCCCCC(O)C(=O)OC(C)(C)C1CCNCC1. The Kier molecular flexibility index (Phi) is 13.9. The molecule has 0 radical (unpaired) electrons. The van der Waals surface area contributed by atoms with E-state index in [-0.39, 0.29) is 0 Å². The third-order valence-electron chi connectivity index (χ3n) is 6.29. The van der Waals surface area contributed by atoms with Crippen LogP contribution in [-0.2, 0) is 9.53 Å². The molecule has 1 unspecified atom stereocenters. The number of rotatable bonds is 16. The van der Waals surface area contributed by atoms with Crippen LogP contribution in [0.3, 0.4) is 0 Å². The van der Waals surface area contributed by atoms with Crippen LogP contribution in [0.2, 0.25) is 0 Å². The first-order valence-electron chi connectivity index (χ1n) is 12.1. The van der Waals surface area contributed by atoms with Crippen LogP contribution in [0.5, 0.6) is 0 Å². The fourth-order valence-corrected chi connectivity index (χ4v) is 4.22. The average molecular weight is 398 g/mol. The number of hydrogen-bond donors (Lipinski definition) is 2. The summed E-state index contributed by atoms with van der Waals surface area (Å²) in [6.45, 7) is 8.19. The number of hydrogen-bond acceptors (Lipinski definition) is 4. The van der Waals surface area contributed by atoms with Gasteiger partial charge in [0, 0.05) is 5.92 Å². The van der Waals surface area contributed by atoms with Gasteiger partial charge >= 0.3 is 5.97 Å². The number of nitrogens with one attached hydrogen (secondary N) is 1. The zero-order valence-corrected chi connectivity index (χ0v) is 18.9. The number of aliphatic hydroxyl groups is 1. The molecule has 0 saturated carbocycles. The molecule has 1 aliphatic rings. The van der Waals surface area contributed by atoms with Crippen LogP contribution >= 0.6 is 0 Å². The summed E-state index contributed by atoms with van der Waals surface area (Å²) >= 11 is 0. The molecule has 4 heteroatoms. The van der Waals surface area contributed by atoms with Crippen molar-refractivity contribution in [2.45, 2.75) is 129 Å². The van der Waals surface area contributed by atoms with Crippen LogP contribution in [0.1, 0.15) is 117 Å². The molecule has 28 heavy (non-hydrogen) atoms. The fourth-order valence-electron chi connectivity index (χ4n) is 4.22. The van der Waals surface area contributed by atoms with Gasteiger partial charge in [0.2, 0.25) is 0 Å². The Morgan fingerprint density at radius 1 is 0.929 bits per heavy atom. The minimum absolute atomic E-state index is 0.372. The second-order valence-corrected chi connectivity index (χ2v) is 9.24. The molecule has 166 valence electrons. The van der Waals surface area contributed by atoms with Crippen molar-refractivity contribution < 1.29 is 14.6 Å². The maximum Gasteiger partial charge on any atom is 0.335 e. The first-order valence-corrected chi connectivity index (χ1v) is 12.1. The lowest BCUT2D eigenvalue weighted by Gasteiger charge is -2.37. The van der Waals surface area contributed by atoms with Gasteiger partial charge in [-0.25, -0.2) is 4.79 Å². The van der Waals surface area contributed by atoms with E-state index in [1.807, 2.05) is 13.8 Å². The van der Waals surface area contributed by atoms with Crippen molar-refractivity contribution in [3.63, 3.8) is 0 Å². The van der Waals surface area contributed by atoms with Crippen LogP contribution in [0.25, 0.3) is 0 Å². The number of ether oxygens (including phenoxy) is 1. The summed E-state index contributed by atoms with van der Waals surface area (Å²) in [5.74, 6) is -0.0665. The van der Waals surface area contributed by atoms with E-state index in [0.29, 0.717) is 12.3 Å². The first kappa shape index (κ1) is 25.4. The summed E-state index contributed by atoms with van der Waals surface area (Å²) in [6.07, 6.45) is 17.0. The van der Waals surface area contributed by atoms with E-state index in [1.165, 1.54) is 64.2 Å². The molecule has 0 spiro atoms. The highest BCUT2D eigenvalue weighted by Gasteiger charge is 2.35. The van der Waals surface area contributed by atoms with E-state index in [9.17, 15) is 9.90 Å². The van der Waals surface area contributed by atoms with Crippen molar-refractivity contribution in [3.8, 4) is 0 Å². The van der Waals surface area contributed by atoms with Gasteiger partial charge in [-0.3, -0.25) is 0 Å². The number of esters is 1. The predicted molar refractivity (Wildman–Crippen MR) is 117 cm³/mol. The lowest BCUT2D eigenvalue weighted by atomic mass is 9.83. The Morgan fingerprint density at radius 2 is 1.39 bits per heavy atom. The number of piperidine rings is 1. The summed E-state index contributed by atoms with van der Waals surface area (Å²) in [5.41, 5.74) is -0.489. The largest absolute Gasteiger partial charge is 0.457 e. The molecular weight excluding hydrogens is 350 g/mol. The topological polar surface area (TPSA) is 58.6 Å². The molecule has 1 saturated heterocycles. The predicted octanol–water partition coefficient (Wildman–Crippen LogP) is 5.76. The van der Waals surface area contributed by atoms with E-state index < -0.39 is 17.7 Å². The maximum absolute atomic E-state index is 12.2. The Labute approximate surface area is 174 Å². The Bertz CT molecular complexity index is 391. The van der Waals surface area contributed by atoms with Gasteiger partial charge in [-0.15, -0.1) is 0 Å². The summed E-state index contributed by atoms with van der Waals surface area (Å²) in [7, 11) is 0. The normalized spacial score (nSPS) is 16.9. The smallest absolute Gasteiger partial charge is 0.335 e. The highest BCUT2D eigenvalue weighted by Crippen LogP contribution is 2.29. The van der Waals surface area contributed by atoms with E-state index in [4.69, 9.17) is 4.74 Å². The summed E-state index contributed by atoms with van der Waals surface area (Å²) in [4.78, 5) is 12.2. The molecule has 1 fully saturated rings. The molecule has 1 aliphatic heterocycles. The summed E-state index contributed by atoms with van der Waals surface area (Å²) < 4.78 is 5.68. The minimum Gasteiger partial charge on any atom is -0.457 e. The number of aliphatic hydroxyl groups excluding tert-OH is 1. The van der Waals surface area contributed by atoms with Gasteiger partial charge in [0.1, 0.15) is 5.60 Å². The summed E-state index contributed by atoms with van der Waals surface area (Å²) in [5, 5.41) is 13.5. The molecule has 0 amide bonds. The van der Waals surface area contributed by atoms with Crippen LogP contribution in [0.15, 0.2) is 0 Å². The van der Waals surface area contributed by atoms with Crippen molar-refractivity contribution >= 4 is 5.97 Å². The van der Waals surface area contributed by atoms with Gasteiger partial charge in [-0.05, 0) is 46.2 Å². The summed E-state index contributed by atoms with van der Waals surface area (Å²) in [6, 6.07) is 0. The average Bonchev–Trinajstić information content (AvgIpc) is 2.69. The molecule has 0 aromatic rings. The Hall–Kier alpha value is -0.610. The number of carbonyl (C=O) groups excluding carboxylic acids is 1. The molecule has 0 aromatic carbocycles. The monoisotopic (exact) mass is 397 g/mol. The lowest BCUT2D eigenvalue weighted by Crippen LogP contribution is -2.44. The molecule has 2 N–H and O–H groups in total. The van der Waals surface area contributed by atoms with E-state index in [0.717, 1.165) is 38.8 Å². The molecule has 1 rings (SSSR count). The van der Waals surface area contributed by atoms with Crippen LogP contribution in [0, 0.1) is 5.92 Å². The molecule has 4 nitrogen and oxygen atoms in total. The van der Waals surface area contributed by atoms with Gasteiger partial charge < -0.3 is 15.2 Å². The zero-order chi connectivity index (χ0) is 20.7. The highest BCUT2D eigenvalue weighted by molar-refractivity contribution is 5.74. The van der Waals surface area contributed by atoms with Gasteiger partial charge in [-0.2, -0.15) is 0 Å². The van der Waals surface area contributed by atoms with Gasteiger partial charge in [0.05, 0.1) is 0 Å². The minimum atomic E-state index is -0.968. The highest BCUT2D eigenvalue weighted by atomic mass is 16.6. The molecule has 0 bridgehead atoms. The first-order chi connectivity index (χ1) is 13.5. The quantitative estimate of drug-likeness (QED) is 0.257. The van der Waals surface area contributed by atoms with Crippen molar-refractivity contribution in [2.24, 2.45) is 5.92 Å². The maximum atomic E-state index is 12.2. The third-order valence-corrected chi connectivity index (χ3v) is 6.29. The molecule has 0 aliphatic carbocycles. The van der Waals surface area contributed by atoms with Gasteiger partial charge in [-0.1, -0.05) is 84.0 Å². The Balaban J connectivity index is 2.00. The molecule has 0 aromatic heterocycles. The number of unbranched alkanes of at least 4 members (excludes halogenated alkanes) is 11. The van der Waals surface area contributed by atoms with Crippen molar-refractivity contribution in [1.29, 1.82) is 0 Å². The van der Waals surface area contributed by atoms with E-state index in [2.05, 4.69) is 12.2 Å². The van der Waals surface area contributed by atoms with Crippen molar-refractivity contribution in [1.82, 2.24) is 5.32 Å². The second kappa shape index (κ2) is 15.3. The van der Waals surface area contributed by atoms with E-state index >= 15 is 0 Å². The molecule has 1 atom stereocenters. The van der Waals surface area contributed by atoms with Gasteiger partial charge in [0.25, 0.3) is 0 Å².